The number of benzene rings is 2. The van der Waals surface area contributed by atoms with Crippen molar-refractivity contribution in [1.82, 2.24) is 9.80 Å². The second-order valence-corrected chi connectivity index (χ2v) is 7.17. The maximum atomic E-state index is 12.5. The van der Waals surface area contributed by atoms with Crippen molar-refractivity contribution in [2.75, 3.05) is 25.0 Å². The van der Waals surface area contributed by atoms with E-state index in [-0.39, 0.29) is 12.1 Å². The number of urea groups is 1. The molecule has 2 aromatic rings. The highest BCUT2D eigenvalue weighted by Crippen LogP contribution is 2.28. The van der Waals surface area contributed by atoms with Gasteiger partial charge in [-0.25, -0.2) is 4.79 Å². The van der Waals surface area contributed by atoms with Crippen LogP contribution < -0.4 is 5.32 Å². The number of rotatable bonds is 4. The lowest BCUT2D eigenvalue weighted by Gasteiger charge is -2.41. The molecule has 0 saturated carbocycles. The van der Waals surface area contributed by atoms with Gasteiger partial charge in [-0.15, -0.1) is 0 Å². The zero-order valence-electron chi connectivity index (χ0n) is 14.8. The first kappa shape index (κ1) is 17.1. The molecule has 0 radical (unpaired) electrons. The van der Waals surface area contributed by atoms with Crippen LogP contribution in [0.1, 0.15) is 30.1 Å². The summed E-state index contributed by atoms with van der Waals surface area (Å²) in [4.78, 5) is 16.7. The number of fused-ring (bicyclic) bond motifs is 1. The predicted octanol–water partition coefficient (Wildman–Crippen LogP) is 3.23. The maximum Gasteiger partial charge on any atom is 0.322 e. The lowest BCUT2D eigenvalue weighted by Crippen LogP contribution is -2.50. The van der Waals surface area contributed by atoms with Gasteiger partial charge in [-0.05, 0) is 30.0 Å². The molecule has 1 saturated heterocycles. The van der Waals surface area contributed by atoms with Gasteiger partial charge in [0.2, 0.25) is 0 Å². The van der Waals surface area contributed by atoms with Crippen molar-refractivity contribution >= 4 is 11.7 Å². The fourth-order valence-corrected chi connectivity index (χ4v) is 3.96. The first-order valence-electron chi connectivity index (χ1n) is 9.31. The second kappa shape index (κ2) is 7.48. The van der Waals surface area contributed by atoms with Gasteiger partial charge in [0.15, 0.2) is 0 Å². The smallest absolute Gasteiger partial charge is 0.322 e. The molecule has 0 spiro atoms. The Morgan fingerprint density at radius 3 is 2.50 bits per heavy atom. The summed E-state index contributed by atoms with van der Waals surface area (Å²) in [5.41, 5.74) is 3.06. The number of carbonyl (C=O) groups is 1. The van der Waals surface area contributed by atoms with E-state index >= 15 is 0 Å². The summed E-state index contributed by atoms with van der Waals surface area (Å²) in [6.45, 7) is 3.13. The van der Waals surface area contributed by atoms with Crippen LogP contribution in [0.2, 0.25) is 0 Å². The minimum absolute atomic E-state index is 0.00599. The SMILES string of the molecule is O=C1Nc2ccccc2CN1C1CCN(CC(O)c2ccccc2)CC1. The van der Waals surface area contributed by atoms with Crippen LogP contribution in [0, 0.1) is 0 Å². The third-order valence-corrected chi connectivity index (χ3v) is 5.47. The van der Waals surface area contributed by atoms with E-state index in [0.717, 1.165) is 37.2 Å². The van der Waals surface area contributed by atoms with Gasteiger partial charge in [0.25, 0.3) is 0 Å². The number of hydrogen-bond donors (Lipinski definition) is 2. The minimum Gasteiger partial charge on any atom is -0.387 e. The molecule has 4 rings (SSSR count). The quantitative estimate of drug-likeness (QED) is 0.889. The standard InChI is InChI=1S/C21H25N3O2/c25-20(16-6-2-1-3-7-16)15-23-12-10-18(11-13-23)24-14-17-8-4-5-9-19(17)22-21(24)26/h1-9,18,20,25H,10-15H2,(H,22,26). The van der Waals surface area contributed by atoms with E-state index in [0.29, 0.717) is 13.1 Å². The summed E-state index contributed by atoms with van der Waals surface area (Å²) in [5, 5.41) is 13.4. The summed E-state index contributed by atoms with van der Waals surface area (Å²) in [5.74, 6) is 0. The lowest BCUT2D eigenvalue weighted by molar-refractivity contribution is 0.0747. The Labute approximate surface area is 154 Å². The van der Waals surface area contributed by atoms with Crippen LogP contribution in [0.25, 0.3) is 0 Å². The maximum absolute atomic E-state index is 12.5. The van der Waals surface area contributed by atoms with Crippen LogP contribution in [0.4, 0.5) is 10.5 Å². The second-order valence-electron chi connectivity index (χ2n) is 7.17. The third-order valence-electron chi connectivity index (χ3n) is 5.47. The van der Waals surface area contributed by atoms with Gasteiger partial charge in [0.05, 0.1) is 6.10 Å². The van der Waals surface area contributed by atoms with Gasteiger partial charge in [0.1, 0.15) is 0 Å². The molecule has 2 amide bonds. The summed E-state index contributed by atoms with van der Waals surface area (Å²) in [6.07, 6.45) is 1.42. The third kappa shape index (κ3) is 3.59. The normalized spacial score (nSPS) is 19.7. The summed E-state index contributed by atoms with van der Waals surface area (Å²) in [7, 11) is 0. The molecule has 0 bridgehead atoms. The van der Waals surface area contributed by atoms with E-state index in [2.05, 4.69) is 16.3 Å². The Hall–Kier alpha value is -2.37. The molecule has 2 aliphatic heterocycles. The molecule has 0 aromatic heterocycles. The van der Waals surface area contributed by atoms with Gasteiger partial charge in [-0.2, -0.15) is 0 Å². The highest BCUT2D eigenvalue weighted by atomic mass is 16.3. The van der Waals surface area contributed by atoms with E-state index in [1.165, 1.54) is 5.56 Å². The van der Waals surface area contributed by atoms with Crippen molar-refractivity contribution in [3.8, 4) is 0 Å². The number of carbonyl (C=O) groups excluding carboxylic acids is 1. The van der Waals surface area contributed by atoms with Crippen LogP contribution in [-0.4, -0.2) is 46.6 Å². The number of aliphatic hydroxyl groups is 1. The molecule has 2 N–H and O–H groups in total. The van der Waals surface area contributed by atoms with Crippen molar-refractivity contribution in [2.45, 2.75) is 31.5 Å². The number of likely N-dealkylation sites (tertiary alicyclic amines) is 1. The summed E-state index contributed by atoms with van der Waals surface area (Å²) >= 11 is 0. The number of aliphatic hydroxyl groups excluding tert-OH is 1. The molecule has 2 heterocycles. The zero-order valence-corrected chi connectivity index (χ0v) is 14.8. The molecular formula is C21H25N3O2. The van der Waals surface area contributed by atoms with Crippen molar-refractivity contribution in [3.05, 3.63) is 65.7 Å². The van der Waals surface area contributed by atoms with E-state index in [1.54, 1.807) is 0 Å². The van der Waals surface area contributed by atoms with Gasteiger partial charge in [-0.3, -0.25) is 0 Å². The monoisotopic (exact) mass is 351 g/mol. The summed E-state index contributed by atoms with van der Waals surface area (Å²) in [6, 6.07) is 18.1. The number of anilines is 1. The molecule has 1 unspecified atom stereocenters. The number of para-hydroxylation sites is 1. The molecule has 136 valence electrons. The Morgan fingerprint density at radius 1 is 1.04 bits per heavy atom. The van der Waals surface area contributed by atoms with Crippen molar-refractivity contribution in [3.63, 3.8) is 0 Å². The van der Waals surface area contributed by atoms with Crippen LogP contribution in [0.3, 0.4) is 0 Å². The molecule has 1 atom stereocenters. The summed E-state index contributed by atoms with van der Waals surface area (Å²) < 4.78 is 0. The molecule has 26 heavy (non-hydrogen) atoms. The molecule has 2 aromatic carbocycles. The first-order valence-corrected chi connectivity index (χ1v) is 9.31. The first-order chi connectivity index (χ1) is 12.7. The van der Waals surface area contributed by atoms with Crippen molar-refractivity contribution in [2.24, 2.45) is 0 Å². The van der Waals surface area contributed by atoms with E-state index < -0.39 is 6.10 Å². The number of hydrogen-bond acceptors (Lipinski definition) is 3. The van der Waals surface area contributed by atoms with Gasteiger partial charge < -0.3 is 20.2 Å². The largest absolute Gasteiger partial charge is 0.387 e. The number of amides is 2. The van der Waals surface area contributed by atoms with E-state index in [9.17, 15) is 9.90 Å². The van der Waals surface area contributed by atoms with Crippen LogP contribution in [0.15, 0.2) is 54.6 Å². The van der Waals surface area contributed by atoms with E-state index in [1.807, 2.05) is 53.4 Å². The molecule has 5 heteroatoms. The Balaban J connectivity index is 1.33. The predicted molar refractivity (Wildman–Crippen MR) is 102 cm³/mol. The van der Waals surface area contributed by atoms with Gasteiger partial charge in [-0.1, -0.05) is 48.5 Å². The average molecular weight is 351 g/mol. The molecule has 5 nitrogen and oxygen atoms in total. The van der Waals surface area contributed by atoms with Crippen molar-refractivity contribution < 1.29 is 9.90 Å². The highest BCUT2D eigenvalue weighted by molar-refractivity contribution is 5.92. The van der Waals surface area contributed by atoms with Crippen LogP contribution >= 0.6 is 0 Å². The van der Waals surface area contributed by atoms with Crippen LogP contribution in [0.5, 0.6) is 0 Å². The highest BCUT2D eigenvalue weighted by Gasteiger charge is 2.31. The Kier molecular flexibility index (Phi) is 4.91. The van der Waals surface area contributed by atoms with Crippen molar-refractivity contribution in [1.29, 1.82) is 0 Å². The van der Waals surface area contributed by atoms with Gasteiger partial charge >= 0.3 is 6.03 Å². The fourth-order valence-electron chi connectivity index (χ4n) is 3.96. The molecule has 1 fully saturated rings. The molecule has 0 aliphatic carbocycles. The fraction of sp³-hybridized carbons (Fsp3) is 0.381. The number of β-amino-alcohol motifs (C(OH)–C–C–N with tert-alkyl or cyclic N) is 1. The Bertz CT molecular complexity index is 757. The number of nitrogens with zero attached hydrogens (tertiary/aromatic N) is 2. The average Bonchev–Trinajstić information content (AvgIpc) is 2.69. The zero-order chi connectivity index (χ0) is 17.9. The molecular weight excluding hydrogens is 326 g/mol. The number of piperidine rings is 1. The van der Waals surface area contributed by atoms with Crippen LogP contribution in [-0.2, 0) is 6.54 Å². The number of nitrogens with one attached hydrogen (secondary N) is 1. The van der Waals surface area contributed by atoms with E-state index in [4.69, 9.17) is 0 Å². The van der Waals surface area contributed by atoms with Gasteiger partial charge in [0, 0.05) is 37.9 Å². The molecule has 2 aliphatic rings. The minimum atomic E-state index is -0.460. The lowest BCUT2D eigenvalue weighted by atomic mass is 10.00. The topological polar surface area (TPSA) is 55.8 Å². The Morgan fingerprint density at radius 2 is 1.73 bits per heavy atom.